The molecule has 0 atom stereocenters. The highest BCUT2D eigenvalue weighted by Gasteiger charge is 2.18. The van der Waals surface area contributed by atoms with Gasteiger partial charge in [0.05, 0.1) is 10.5 Å². The standard InChI is InChI=1S/C12H11F2N3O2S/c1-6(2)3-11(18)20-10-4-7(12(19)16-17-15)8(13)5-9(10)14/h4-6H,3H2,1-2H3. The topological polar surface area (TPSA) is 82.9 Å². The van der Waals surface area contributed by atoms with Crippen molar-refractivity contribution in [2.45, 2.75) is 25.2 Å². The summed E-state index contributed by atoms with van der Waals surface area (Å²) in [4.78, 5) is 25.0. The molecule has 1 aromatic carbocycles. The second kappa shape index (κ2) is 7.02. The molecule has 106 valence electrons. The molecule has 0 unspecified atom stereocenters. The van der Waals surface area contributed by atoms with Crippen LogP contribution in [0.4, 0.5) is 8.78 Å². The van der Waals surface area contributed by atoms with Gasteiger partial charge in [-0.1, -0.05) is 13.8 Å². The Morgan fingerprint density at radius 3 is 2.55 bits per heavy atom. The van der Waals surface area contributed by atoms with Crippen LogP contribution in [0.5, 0.6) is 0 Å². The minimum Gasteiger partial charge on any atom is -0.287 e. The summed E-state index contributed by atoms with van der Waals surface area (Å²) in [6, 6.07) is 1.37. The van der Waals surface area contributed by atoms with Crippen LogP contribution >= 0.6 is 11.8 Å². The second-order valence-corrected chi connectivity index (χ2v) is 5.43. The van der Waals surface area contributed by atoms with Gasteiger partial charge < -0.3 is 0 Å². The van der Waals surface area contributed by atoms with Crippen molar-refractivity contribution in [3.63, 3.8) is 0 Å². The summed E-state index contributed by atoms with van der Waals surface area (Å²) < 4.78 is 27.0. The van der Waals surface area contributed by atoms with E-state index in [4.69, 9.17) is 5.53 Å². The number of halogens is 2. The molecule has 8 heteroatoms. The minimum atomic E-state index is -1.16. The van der Waals surface area contributed by atoms with Gasteiger partial charge in [-0.2, -0.15) is 0 Å². The molecule has 0 fully saturated rings. The van der Waals surface area contributed by atoms with Crippen LogP contribution in [0.2, 0.25) is 0 Å². The molecular weight excluding hydrogens is 288 g/mol. The molecule has 1 aromatic rings. The summed E-state index contributed by atoms with van der Waals surface area (Å²) in [5.74, 6) is -3.14. The summed E-state index contributed by atoms with van der Waals surface area (Å²) in [6.07, 6.45) is 0.223. The molecule has 0 spiro atoms. The summed E-state index contributed by atoms with van der Waals surface area (Å²) in [5, 5.41) is 2.44. The number of thioether (sulfide) groups is 1. The Kier molecular flexibility index (Phi) is 5.66. The maximum Gasteiger partial charge on any atom is 0.252 e. The number of rotatable bonds is 4. The number of hydrogen-bond acceptors (Lipinski definition) is 3. The largest absolute Gasteiger partial charge is 0.287 e. The molecule has 0 N–H and O–H groups in total. The van der Waals surface area contributed by atoms with Crippen molar-refractivity contribution in [3.05, 3.63) is 39.8 Å². The molecule has 0 radical (unpaired) electrons. The van der Waals surface area contributed by atoms with Crippen molar-refractivity contribution in [1.29, 1.82) is 0 Å². The lowest BCUT2D eigenvalue weighted by Gasteiger charge is -2.06. The first-order valence-corrected chi connectivity index (χ1v) is 6.46. The normalized spacial score (nSPS) is 10.2. The average Bonchev–Trinajstić information content (AvgIpc) is 2.31. The van der Waals surface area contributed by atoms with E-state index in [0.717, 1.165) is 6.07 Å². The van der Waals surface area contributed by atoms with E-state index in [-0.39, 0.29) is 22.3 Å². The summed E-state index contributed by atoms with van der Waals surface area (Å²) >= 11 is 0.589. The second-order valence-electron chi connectivity index (χ2n) is 4.33. The number of nitrogens with zero attached hydrogens (tertiary/aromatic N) is 3. The fourth-order valence-electron chi connectivity index (χ4n) is 1.36. The van der Waals surface area contributed by atoms with Gasteiger partial charge in [0.15, 0.2) is 5.12 Å². The molecule has 0 aliphatic heterocycles. The molecule has 0 aliphatic rings. The highest BCUT2D eigenvalue weighted by Crippen LogP contribution is 2.27. The highest BCUT2D eigenvalue weighted by molar-refractivity contribution is 8.13. The summed E-state index contributed by atoms with van der Waals surface area (Å²) in [5.41, 5.74) is 7.57. The van der Waals surface area contributed by atoms with Crippen molar-refractivity contribution in [2.24, 2.45) is 11.0 Å². The number of hydrogen-bond donors (Lipinski definition) is 0. The zero-order chi connectivity index (χ0) is 15.3. The van der Waals surface area contributed by atoms with E-state index < -0.39 is 23.1 Å². The maximum atomic E-state index is 13.5. The number of benzene rings is 1. The van der Waals surface area contributed by atoms with Crippen LogP contribution < -0.4 is 0 Å². The van der Waals surface area contributed by atoms with Crippen LogP contribution in [0.1, 0.15) is 30.6 Å². The van der Waals surface area contributed by atoms with Gasteiger partial charge in [-0.15, -0.1) is 0 Å². The van der Waals surface area contributed by atoms with Crippen molar-refractivity contribution in [1.82, 2.24) is 0 Å². The van der Waals surface area contributed by atoms with Gasteiger partial charge in [0.25, 0.3) is 5.91 Å². The molecule has 0 aliphatic carbocycles. The monoisotopic (exact) mass is 299 g/mol. The van der Waals surface area contributed by atoms with Gasteiger partial charge >= 0.3 is 0 Å². The molecule has 20 heavy (non-hydrogen) atoms. The smallest absolute Gasteiger partial charge is 0.252 e. The van der Waals surface area contributed by atoms with E-state index in [1.807, 2.05) is 13.8 Å². The van der Waals surface area contributed by atoms with Crippen LogP contribution in [0.25, 0.3) is 10.4 Å². The van der Waals surface area contributed by atoms with Crippen LogP contribution in [-0.2, 0) is 4.79 Å². The first-order chi connectivity index (χ1) is 9.35. The first kappa shape index (κ1) is 16.1. The number of carbonyl (C=O) groups is 2. The van der Waals surface area contributed by atoms with Crippen molar-refractivity contribution >= 4 is 22.8 Å². The van der Waals surface area contributed by atoms with Gasteiger partial charge in [-0.05, 0) is 34.4 Å². The van der Waals surface area contributed by atoms with E-state index in [1.54, 1.807) is 0 Å². The molecule has 1 amide bonds. The van der Waals surface area contributed by atoms with E-state index in [1.165, 1.54) is 0 Å². The Hall–Kier alpha value is -1.92. The Morgan fingerprint density at radius 1 is 1.35 bits per heavy atom. The van der Waals surface area contributed by atoms with Gasteiger partial charge in [0, 0.05) is 17.4 Å². The lowest BCUT2D eigenvalue weighted by molar-refractivity contribution is -0.111. The lowest BCUT2D eigenvalue weighted by atomic mass is 10.2. The van der Waals surface area contributed by atoms with Crippen molar-refractivity contribution < 1.29 is 18.4 Å². The first-order valence-electron chi connectivity index (χ1n) is 5.64. The zero-order valence-corrected chi connectivity index (χ0v) is 11.6. The predicted molar refractivity (Wildman–Crippen MR) is 70.2 cm³/mol. The van der Waals surface area contributed by atoms with Crippen LogP contribution in [-0.4, -0.2) is 11.0 Å². The van der Waals surface area contributed by atoms with Crippen molar-refractivity contribution in [3.8, 4) is 0 Å². The fourth-order valence-corrected chi connectivity index (χ4v) is 2.36. The zero-order valence-electron chi connectivity index (χ0n) is 10.8. The molecule has 0 bridgehead atoms. The van der Waals surface area contributed by atoms with Gasteiger partial charge in [0.1, 0.15) is 11.6 Å². The molecule has 0 saturated heterocycles. The maximum absolute atomic E-state index is 13.5. The van der Waals surface area contributed by atoms with Gasteiger partial charge in [-0.3, -0.25) is 9.59 Å². The van der Waals surface area contributed by atoms with E-state index in [9.17, 15) is 18.4 Å². The van der Waals surface area contributed by atoms with E-state index >= 15 is 0 Å². The molecule has 0 aromatic heterocycles. The predicted octanol–water partition coefficient (Wildman–Crippen LogP) is 4.08. The third kappa shape index (κ3) is 4.32. The fraction of sp³-hybridized carbons (Fsp3) is 0.333. The van der Waals surface area contributed by atoms with E-state index in [2.05, 4.69) is 10.0 Å². The van der Waals surface area contributed by atoms with Gasteiger partial charge in [0.2, 0.25) is 0 Å². The Labute approximate surface area is 118 Å². The minimum absolute atomic E-state index is 0.0998. The molecule has 0 saturated carbocycles. The Morgan fingerprint density at radius 2 is 2.00 bits per heavy atom. The van der Waals surface area contributed by atoms with Crippen LogP contribution in [0, 0.1) is 17.6 Å². The third-order valence-corrected chi connectivity index (χ3v) is 3.11. The SMILES string of the molecule is CC(C)CC(=O)Sc1cc(C(=O)N=[N+]=[N-])c(F)cc1F. The quantitative estimate of drug-likeness (QED) is 0.363. The van der Waals surface area contributed by atoms with E-state index in [0.29, 0.717) is 17.8 Å². The highest BCUT2D eigenvalue weighted by atomic mass is 32.2. The van der Waals surface area contributed by atoms with Crippen LogP contribution in [0.15, 0.2) is 22.1 Å². The number of amides is 1. The summed E-state index contributed by atoms with van der Waals surface area (Å²) in [6.45, 7) is 3.66. The Bertz CT molecular complexity index is 599. The van der Waals surface area contributed by atoms with Crippen molar-refractivity contribution in [2.75, 3.05) is 0 Å². The molecule has 5 nitrogen and oxygen atoms in total. The van der Waals surface area contributed by atoms with Gasteiger partial charge in [-0.25, -0.2) is 8.78 Å². The third-order valence-electron chi connectivity index (χ3n) is 2.19. The molecule has 1 rings (SSSR count). The molecular formula is C12H11F2N3O2S. The Balaban J connectivity index is 3.08. The average molecular weight is 299 g/mol. The number of azide groups is 1. The number of carbonyl (C=O) groups excluding carboxylic acids is 2. The molecule has 0 heterocycles. The summed E-state index contributed by atoms with van der Waals surface area (Å²) in [7, 11) is 0. The van der Waals surface area contributed by atoms with Crippen LogP contribution in [0.3, 0.4) is 0 Å². The lowest BCUT2D eigenvalue weighted by Crippen LogP contribution is -2.03.